The van der Waals surface area contributed by atoms with Crippen molar-refractivity contribution in [1.29, 1.82) is 0 Å². The van der Waals surface area contributed by atoms with Crippen molar-refractivity contribution < 1.29 is 33.4 Å². The minimum absolute atomic E-state index is 0.204. The Kier molecular flexibility index (Phi) is 10.7. The van der Waals surface area contributed by atoms with Gasteiger partial charge in [0.1, 0.15) is 18.3 Å². The molecule has 2 unspecified atom stereocenters. The highest BCUT2D eigenvalue weighted by atomic mass is 16.7. The summed E-state index contributed by atoms with van der Waals surface area (Å²) in [5.74, 6) is -1.53. The maximum Gasteiger partial charge on any atom is 0.309 e. The lowest BCUT2D eigenvalue weighted by Crippen LogP contribution is -2.61. The molecule has 2 N–H and O–H groups in total. The van der Waals surface area contributed by atoms with Crippen molar-refractivity contribution in [2.45, 2.75) is 192 Å². The molecule has 47 heavy (non-hydrogen) atoms. The highest BCUT2D eigenvalue weighted by molar-refractivity contribution is 5.74. The van der Waals surface area contributed by atoms with Crippen LogP contribution >= 0.6 is 0 Å². The van der Waals surface area contributed by atoms with E-state index in [1.807, 2.05) is 5.06 Å². The van der Waals surface area contributed by atoms with Gasteiger partial charge < -0.3 is 29.7 Å². The topological polar surface area (TPSA) is 115 Å². The highest BCUT2D eigenvalue weighted by Gasteiger charge is 2.50. The van der Waals surface area contributed by atoms with E-state index < -0.39 is 18.3 Å². The van der Waals surface area contributed by atoms with Crippen LogP contribution in [0.3, 0.4) is 0 Å². The number of ether oxygens (including phenoxy) is 3. The number of nitrogens with zero attached hydrogens (tertiary/aromatic N) is 1. The molecule has 0 radical (unpaired) electrons. The van der Waals surface area contributed by atoms with Gasteiger partial charge in [-0.05, 0) is 122 Å². The Balaban J connectivity index is 1.50. The van der Waals surface area contributed by atoms with Gasteiger partial charge in [0.25, 0.3) is 0 Å². The molecule has 0 bridgehead atoms. The quantitative estimate of drug-likeness (QED) is 0.254. The molecule has 0 aromatic carbocycles. The van der Waals surface area contributed by atoms with Crippen LogP contribution in [-0.4, -0.2) is 81.6 Å². The first kappa shape index (κ1) is 38.1. The van der Waals surface area contributed by atoms with Crippen LogP contribution in [0.2, 0.25) is 0 Å². The van der Waals surface area contributed by atoms with Gasteiger partial charge in [0, 0.05) is 52.5 Å². The maximum absolute atomic E-state index is 13.8. The third kappa shape index (κ3) is 9.70. The van der Waals surface area contributed by atoms with Gasteiger partial charge in [-0.25, -0.2) is 0 Å². The number of hydrogen-bond donors (Lipinski definition) is 2. The molecule has 270 valence electrons. The van der Waals surface area contributed by atoms with Crippen molar-refractivity contribution in [3.05, 3.63) is 0 Å². The molecule has 10 nitrogen and oxygen atoms in total. The van der Waals surface area contributed by atoms with Gasteiger partial charge in [0.05, 0.1) is 24.9 Å². The van der Waals surface area contributed by atoms with E-state index in [1.54, 1.807) is 7.11 Å². The fourth-order valence-electron chi connectivity index (χ4n) is 10.1. The van der Waals surface area contributed by atoms with E-state index >= 15 is 0 Å². The van der Waals surface area contributed by atoms with Gasteiger partial charge in [0.15, 0.2) is 0 Å². The number of hydroxylamine groups is 2. The Morgan fingerprint density at radius 3 is 1.00 bits per heavy atom. The zero-order valence-corrected chi connectivity index (χ0v) is 31.6. The monoisotopic (exact) mass is 663 g/mol. The Morgan fingerprint density at radius 2 is 0.745 bits per heavy atom. The molecule has 4 aliphatic rings. The van der Waals surface area contributed by atoms with Crippen LogP contribution in [-0.2, 0) is 33.4 Å². The molecule has 1 saturated carbocycles. The summed E-state index contributed by atoms with van der Waals surface area (Å²) < 4.78 is 18.7. The van der Waals surface area contributed by atoms with Crippen LogP contribution < -0.4 is 10.6 Å². The molecular weight excluding hydrogens is 598 g/mol. The fraction of sp³-hybridized carbons (Fsp3) is 0.919. The first-order valence-corrected chi connectivity index (χ1v) is 17.9. The van der Waals surface area contributed by atoms with E-state index in [2.05, 4.69) is 93.7 Å². The fourth-order valence-corrected chi connectivity index (χ4v) is 10.1. The number of piperidine rings is 3. The van der Waals surface area contributed by atoms with E-state index in [0.29, 0.717) is 57.8 Å². The average molecular weight is 664 g/mol. The van der Waals surface area contributed by atoms with Crippen LogP contribution in [0.15, 0.2) is 0 Å². The van der Waals surface area contributed by atoms with E-state index in [1.165, 1.54) is 0 Å². The van der Waals surface area contributed by atoms with Crippen LogP contribution in [0.25, 0.3) is 0 Å². The number of hydrogen-bond acceptors (Lipinski definition) is 10. The standard InChI is InChI=1S/C37H65N3O7/c1-32(2)17-23(18-33(3,4)38-32)29(41)45-26-14-27(46-30(42)24-19-34(5,6)39-35(7,8)20-24)16-28(15-26)47-31(43)25-21-36(9,10)40(44-13)37(11,12)22-25/h23-28,38-39H,14-22H2,1-13H3. The molecule has 1 aliphatic carbocycles. The highest BCUT2D eigenvalue weighted by Crippen LogP contribution is 2.43. The van der Waals surface area contributed by atoms with Gasteiger partial charge in [-0.1, -0.05) is 0 Å². The first-order valence-electron chi connectivity index (χ1n) is 17.9. The van der Waals surface area contributed by atoms with Crippen LogP contribution in [0.1, 0.15) is 141 Å². The van der Waals surface area contributed by atoms with Crippen molar-refractivity contribution >= 4 is 17.9 Å². The van der Waals surface area contributed by atoms with Crippen molar-refractivity contribution in [2.24, 2.45) is 17.8 Å². The third-order valence-electron chi connectivity index (χ3n) is 10.6. The first-order chi connectivity index (χ1) is 21.3. The Hall–Kier alpha value is -1.75. The van der Waals surface area contributed by atoms with Gasteiger partial charge in [-0.15, -0.1) is 0 Å². The van der Waals surface area contributed by atoms with E-state index in [9.17, 15) is 14.4 Å². The number of rotatable bonds is 7. The van der Waals surface area contributed by atoms with Gasteiger partial charge in [0.2, 0.25) is 0 Å². The smallest absolute Gasteiger partial charge is 0.309 e. The SMILES string of the molecule is CON1C(C)(C)CC(C(=O)OC2CC(OC(=O)C3CC(C)(C)NC(C)(C)C3)CC(OC(=O)C3CC(C)(C)NC(C)(C)C3)C2)CC1(C)C. The molecule has 4 rings (SSSR count). The Morgan fingerprint density at radius 1 is 0.489 bits per heavy atom. The second kappa shape index (κ2) is 13.2. The summed E-state index contributed by atoms with van der Waals surface area (Å²) in [5.41, 5.74) is -1.55. The second-order valence-corrected chi connectivity index (χ2v) is 19.1. The summed E-state index contributed by atoms with van der Waals surface area (Å²) in [6.45, 7) is 25.2. The summed E-state index contributed by atoms with van der Waals surface area (Å²) in [7, 11) is 1.67. The van der Waals surface area contributed by atoms with Gasteiger partial charge in [-0.3, -0.25) is 14.4 Å². The van der Waals surface area contributed by atoms with E-state index in [-0.39, 0.29) is 68.9 Å². The van der Waals surface area contributed by atoms with Crippen molar-refractivity contribution in [3.63, 3.8) is 0 Å². The molecule has 3 heterocycles. The average Bonchev–Trinajstić information content (AvgIpc) is 2.83. The zero-order chi connectivity index (χ0) is 35.4. The van der Waals surface area contributed by atoms with Crippen LogP contribution in [0.5, 0.6) is 0 Å². The molecule has 10 heteroatoms. The predicted molar refractivity (Wildman–Crippen MR) is 181 cm³/mol. The molecule has 2 atom stereocenters. The molecule has 0 aromatic rings. The van der Waals surface area contributed by atoms with Gasteiger partial charge >= 0.3 is 17.9 Å². The molecule has 3 saturated heterocycles. The summed E-state index contributed by atoms with van der Waals surface area (Å²) >= 11 is 0. The number of esters is 3. The Labute approximate surface area is 284 Å². The van der Waals surface area contributed by atoms with Gasteiger partial charge in [-0.2, -0.15) is 5.06 Å². The summed E-state index contributed by atoms with van der Waals surface area (Å²) in [6, 6.07) is 0. The summed E-state index contributed by atoms with van der Waals surface area (Å²) in [4.78, 5) is 46.8. The van der Waals surface area contributed by atoms with E-state index in [4.69, 9.17) is 19.0 Å². The largest absolute Gasteiger partial charge is 0.462 e. The number of nitrogens with one attached hydrogen (secondary N) is 2. The maximum atomic E-state index is 13.8. The molecule has 0 spiro atoms. The lowest BCUT2D eigenvalue weighted by atomic mass is 9.75. The minimum atomic E-state index is -0.527. The lowest BCUT2D eigenvalue weighted by molar-refractivity contribution is -0.272. The third-order valence-corrected chi connectivity index (χ3v) is 10.6. The predicted octanol–water partition coefficient (Wildman–Crippen LogP) is 5.85. The van der Waals surface area contributed by atoms with Crippen LogP contribution in [0, 0.1) is 17.8 Å². The summed E-state index contributed by atoms with van der Waals surface area (Å²) in [6.07, 6.45) is 3.49. The van der Waals surface area contributed by atoms with Crippen LogP contribution in [0.4, 0.5) is 0 Å². The molecule has 0 aromatic heterocycles. The van der Waals surface area contributed by atoms with Crippen molar-refractivity contribution in [2.75, 3.05) is 7.11 Å². The van der Waals surface area contributed by atoms with Crippen molar-refractivity contribution in [3.8, 4) is 0 Å². The lowest BCUT2D eigenvalue weighted by Gasteiger charge is -2.52. The minimum Gasteiger partial charge on any atom is -0.462 e. The summed E-state index contributed by atoms with van der Waals surface area (Å²) in [5, 5.41) is 9.24. The van der Waals surface area contributed by atoms with E-state index in [0.717, 1.165) is 0 Å². The number of carbonyl (C=O) groups is 3. The molecular formula is C37H65N3O7. The molecule has 0 amide bonds. The Bertz CT molecular complexity index is 1070. The normalized spacial score (nSPS) is 32.2. The number of carbonyl (C=O) groups excluding carboxylic acids is 3. The second-order valence-electron chi connectivity index (χ2n) is 19.1. The zero-order valence-electron chi connectivity index (χ0n) is 31.6. The van der Waals surface area contributed by atoms with Crippen molar-refractivity contribution in [1.82, 2.24) is 15.7 Å². The molecule has 4 fully saturated rings. The molecule has 3 aliphatic heterocycles.